The van der Waals surface area contributed by atoms with Crippen molar-refractivity contribution in [3.05, 3.63) is 0 Å². The van der Waals surface area contributed by atoms with Crippen molar-refractivity contribution in [3.8, 4) is 0 Å². The van der Waals surface area contributed by atoms with E-state index in [1.807, 2.05) is 13.8 Å². The Morgan fingerprint density at radius 2 is 2.20 bits per heavy atom. The zero-order valence-electron chi connectivity index (χ0n) is 9.72. The largest absolute Gasteiger partial charge is 0.388 e. The van der Waals surface area contributed by atoms with E-state index in [1.54, 1.807) is 11.8 Å². The summed E-state index contributed by atoms with van der Waals surface area (Å²) in [5, 5.41) is 9.91. The summed E-state index contributed by atoms with van der Waals surface area (Å²) in [6, 6.07) is 0. The molecule has 0 spiro atoms. The number of alkyl halides is 1. The number of amides is 1. The van der Waals surface area contributed by atoms with Crippen LogP contribution in [0.25, 0.3) is 0 Å². The summed E-state index contributed by atoms with van der Waals surface area (Å²) in [5.74, 6) is 0.349. The van der Waals surface area contributed by atoms with E-state index >= 15 is 0 Å². The highest BCUT2D eigenvalue weighted by Gasteiger charge is 2.37. The molecule has 1 rings (SSSR count). The molecule has 1 N–H and O–H groups in total. The maximum atomic E-state index is 12.1. The standard InChI is InChI=1S/C11H20ClNO2/c1-10(2,7-12)9(14)13-6-4-5-11(3,15)8-13/h15H,4-8H2,1-3H3. The molecule has 1 amide bonds. The molecule has 1 atom stereocenters. The SMILES string of the molecule is CC1(O)CCCN(C(=O)C(C)(C)CCl)C1. The van der Waals surface area contributed by atoms with Crippen LogP contribution < -0.4 is 0 Å². The van der Waals surface area contributed by atoms with Gasteiger partial charge in [-0.1, -0.05) is 0 Å². The molecule has 0 aromatic carbocycles. The molecule has 1 aliphatic rings. The first-order chi connectivity index (χ1) is 6.78. The predicted molar refractivity (Wildman–Crippen MR) is 60.9 cm³/mol. The highest BCUT2D eigenvalue weighted by molar-refractivity contribution is 6.19. The Labute approximate surface area is 96.4 Å². The molecule has 0 bridgehead atoms. The Morgan fingerprint density at radius 3 is 2.67 bits per heavy atom. The van der Waals surface area contributed by atoms with Crippen LogP contribution in [-0.2, 0) is 4.79 Å². The lowest BCUT2D eigenvalue weighted by Gasteiger charge is -2.40. The van der Waals surface area contributed by atoms with Crippen LogP contribution in [0.15, 0.2) is 0 Å². The van der Waals surface area contributed by atoms with Crippen molar-refractivity contribution in [2.75, 3.05) is 19.0 Å². The molecule has 1 saturated heterocycles. The van der Waals surface area contributed by atoms with E-state index in [9.17, 15) is 9.90 Å². The van der Waals surface area contributed by atoms with Crippen LogP contribution in [0.3, 0.4) is 0 Å². The third-order valence-corrected chi connectivity index (χ3v) is 3.54. The molecule has 0 radical (unpaired) electrons. The first kappa shape index (κ1) is 12.8. The Bertz CT molecular complexity index is 251. The lowest BCUT2D eigenvalue weighted by Crippen LogP contribution is -2.52. The third kappa shape index (κ3) is 3.08. The van der Waals surface area contributed by atoms with Crippen molar-refractivity contribution in [2.45, 2.75) is 39.2 Å². The van der Waals surface area contributed by atoms with Gasteiger partial charge in [-0.25, -0.2) is 0 Å². The smallest absolute Gasteiger partial charge is 0.229 e. The molecular weight excluding hydrogens is 214 g/mol. The van der Waals surface area contributed by atoms with Crippen LogP contribution in [0.5, 0.6) is 0 Å². The molecule has 0 aromatic heterocycles. The molecule has 3 nitrogen and oxygen atoms in total. The monoisotopic (exact) mass is 233 g/mol. The topological polar surface area (TPSA) is 40.5 Å². The Hall–Kier alpha value is -0.280. The first-order valence-corrected chi connectivity index (χ1v) is 5.90. The number of piperidine rings is 1. The molecule has 0 aromatic rings. The predicted octanol–water partition coefficient (Wildman–Crippen LogP) is 1.62. The maximum absolute atomic E-state index is 12.1. The molecule has 15 heavy (non-hydrogen) atoms. The van der Waals surface area contributed by atoms with E-state index in [1.165, 1.54) is 0 Å². The van der Waals surface area contributed by atoms with E-state index in [-0.39, 0.29) is 5.91 Å². The zero-order valence-corrected chi connectivity index (χ0v) is 10.5. The fraction of sp³-hybridized carbons (Fsp3) is 0.909. The quantitative estimate of drug-likeness (QED) is 0.737. The summed E-state index contributed by atoms with van der Waals surface area (Å²) in [5.41, 5.74) is -1.27. The summed E-state index contributed by atoms with van der Waals surface area (Å²) in [7, 11) is 0. The van der Waals surface area contributed by atoms with Gasteiger partial charge in [0.15, 0.2) is 0 Å². The lowest BCUT2D eigenvalue weighted by atomic mass is 9.90. The number of nitrogens with zero attached hydrogens (tertiary/aromatic N) is 1. The van der Waals surface area contributed by atoms with Crippen molar-refractivity contribution in [1.82, 2.24) is 4.90 Å². The van der Waals surface area contributed by atoms with Crippen LogP contribution in [0.2, 0.25) is 0 Å². The van der Waals surface area contributed by atoms with E-state index < -0.39 is 11.0 Å². The van der Waals surface area contributed by atoms with Crippen molar-refractivity contribution in [3.63, 3.8) is 0 Å². The van der Waals surface area contributed by atoms with Crippen LogP contribution in [0.4, 0.5) is 0 Å². The Balaban J connectivity index is 2.68. The fourth-order valence-electron chi connectivity index (χ4n) is 1.88. The second kappa shape index (κ2) is 4.30. The van der Waals surface area contributed by atoms with Gasteiger partial charge >= 0.3 is 0 Å². The molecule has 88 valence electrons. The minimum absolute atomic E-state index is 0.0393. The lowest BCUT2D eigenvalue weighted by molar-refractivity contribution is -0.145. The van der Waals surface area contributed by atoms with Gasteiger partial charge in [-0.05, 0) is 33.6 Å². The fourth-order valence-corrected chi connectivity index (χ4v) is 1.99. The number of hydrogen-bond acceptors (Lipinski definition) is 2. The van der Waals surface area contributed by atoms with Crippen LogP contribution in [0, 0.1) is 5.41 Å². The van der Waals surface area contributed by atoms with Gasteiger partial charge in [0.1, 0.15) is 0 Å². The van der Waals surface area contributed by atoms with Crippen LogP contribution in [0.1, 0.15) is 33.6 Å². The number of β-amino-alcohol motifs (C(OH)–C–C–N with tert-alkyl or cyclic N) is 1. The molecule has 1 aliphatic heterocycles. The number of rotatable bonds is 2. The first-order valence-electron chi connectivity index (χ1n) is 5.36. The normalized spacial score (nSPS) is 27.9. The zero-order chi connectivity index (χ0) is 11.7. The Kier molecular flexibility index (Phi) is 3.67. The molecule has 0 aliphatic carbocycles. The van der Waals surface area contributed by atoms with E-state index in [0.29, 0.717) is 12.4 Å². The van der Waals surface area contributed by atoms with Crippen molar-refractivity contribution in [1.29, 1.82) is 0 Å². The average molecular weight is 234 g/mol. The number of carbonyl (C=O) groups excluding carboxylic acids is 1. The minimum atomic E-state index is -0.740. The Morgan fingerprint density at radius 1 is 1.60 bits per heavy atom. The highest BCUT2D eigenvalue weighted by atomic mass is 35.5. The molecule has 1 fully saturated rings. The maximum Gasteiger partial charge on any atom is 0.229 e. The highest BCUT2D eigenvalue weighted by Crippen LogP contribution is 2.26. The summed E-state index contributed by atoms with van der Waals surface area (Å²) >= 11 is 5.77. The number of aliphatic hydroxyl groups is 1. The van der Waals surface area contributed by atoms with Gasteiger partial charge in [0.2, 0.25) is 5.91 Å². The second-order valence-corrected chi connectivity index (χ2v) is 5.61. The van der Waals surface area contributed by atoms with Gasteiger partial charge in [0.05, 0.1) is 11.0 Å². The molecule has 1 heterocycles. The van der Waals surface area contributed by atoms with Crippen molar-refractivity contribution >= 4 is 17.5 Å². The van der Waals surface area contributed by atoms with Crippen molar-refractivity contribution in [2.24, 2.45) is 5.41 Å². The molecular formula is C11H20ClNO2. The van der Waals surface area contributed by atoms with E-state index in [4.69, 9.17) is 11.6 Å². The van der Waals surface area contributed by atoms with E-state index in [2.05, 4.69) is 0 Å². The number of likely N-dealkylation sites (tertiary alicyclic amines) is 1. The third-order valence-electron chi connectivity index (χ3n) is 2.88. The van der Waals surface area contributed by atoms with Crippen molar-refractivity contribution < 1.29 is 9.90 Å². The summed E-state index contributed by atoms with van der Waals surface area (Å²) in [4.78, 5) is 13.8. The van der Waals surface area contributed by atoms with Crippen LogP contribution >= 0.6 is 11.6 Å². The summed E-state index contributed by atoms with van der Waals surface area (Å²) < 4.78 is 0. The number of carbonyl (C=O) groups is 1. The van der Waals surface area contributed by atoms with E-state index in [0.717, 1.165) is 19.4 Å². The van der Waals surface area contributed by atoms with Gasteiger partial charge < -0.3 is 10.0 Å². The number of hydrogen-bond donors (Lipinski definition) is 1. The summed E-state index contributed by atoms with van der Waals surface area (Å²) in [6.07, 6.45) is 1.62. The van der Waals surface area contributed by atoms with Gasteiger partial charge in [0.25, 0.3) is 0 Å². The van der Waals surface area contributed by atoms with Gasteiger partial charge in [0, 0.05) is 19.0 Å². The summed E-state index contributed by atoms with van der Waals surface area (Å²) in [6.45, 7) is 6.61. The van der Waals surface area contributed by atoms with Gasteiger partial charge in [-0.15, -0.1) is 11.6 Å². The number of halogens is 1. The average Bonchev–Trinajstić information content (AvgIpc) is 2.15. The molecule has 1 unspecified atom stereocenters. The molecule has 0 saturated carbocycles. The van der Waals surface area contributed by atoms with Gasteiger partial charge in [-0.3, -0.25) is 4.79 Å². The van der Waals surface area contributed by atoms with Gasteiger partial charge in [-0.2, -0.15) is 0 Å². The molecule has 4 heteroatoms. The second-order valence-electron chi connectivity index (χ2n) is 5.34. The van der Waals surface area contributed by atoms with Crippen LogP contribution in [-0.4, -0.2) is 40.5 Å². The minimum Gasteiger partial charge on any atom is -0.388 e.